The van der Waals surface area contributed by atoms with Crippen LogP contribution in [-0.4, -0.2) is 35.1 Å². The van der Waals surface area contributed by atoms with Gasteiger partial charge in [-0.25, -0.2) is 0 Å². The van der Waals surface area contributed by atoms with Gasteiger partial charge in [-0.1, -0.05) is 0 Å². The Balaban J connectivity index is 1.65. The zero-order valence-electron chi connectivity index (χ0n) is 13.0. The molecule has 0 radical (unpaired) electrons. The van der Waals surface area contributed by atoms with Crippen molar-refractivity contribution in [2.45, 2.75) is 31.7 Å². The number of hydrogen-bond acceptors (Lipinski definition) is 3. The first-order valence-corrected chi connectivity index (χ1v) is 7.73. The molecule has 1 saturated carbocycles. The standard InChI is InChI=1S/C17H20N2O4/c1-23-13-4-5-15-14(8-13)11(9-18-15)7-16(20)19-12-3-2-10(6-12)17(21)22/h4-5,8-10,12,18H,2-3,6-7H2,1H3,(H,19,20)(H,21,22). The molecule has 122 valence electrons. The van der Waals surface area contributed by atoms with Crippen molar-refractivity contribution in [1.82, 2.24) is 10.3 Å². The molecular weight excluding hydrogens is 296 g/mol. The Morgan fingerprint density at radius 1 is 1.39 bits per heavy atom. The van der Waals surface area contributed by atoms with Gasteiger partial charge in [0.25, 0.3) is 0 Å². The fourth-order valence-electron chi connectivity index (χ4n) is 3.22. The van der Waals surface area contributed by atoms with Crippen LogP contribution in [0.1, 0.15) is 24.8 Å². The van der Waals surface area contributed by atoms with Crippen LogP contribution < -0.4 is 10.1 Å². The average molecular weight is 316 g/mol. The Bertz CT molecular complexity index is 737. The number of amides is 1. The molecule has 1 aliphatic rings. The summed E-state index contributed by atoms with van der Waals surface area (Å²) >= 11 is 0. The number of H-pyrrole nitrogens is 1. The summed E-state index contributed by atoms with van der Waals surface area (Å²) in [7, 11) is 1.61. The minimum Gasteiger partial charge on any atom is -0.497 e. The number of fused-ring (bicyclic) bond motifs is 1. The smallest absolute Gasteiger partial charge is 0.306 e. The van der Waals surface area contributed by atoms with E-state index >= 15 is 0 Å². The second-order valence-electron chi connectivity index (χ2n) is 6.01. The molecule has 0 bridgehead atoms. The summed E-state index contributed by atoms with van der Waals surface area (Å²) in [6.45, 7) is 0. The van der Waals surface area contributed by atoms with Crippen molar-refractivity contribution in [2.24, 2.45) is 5.92 Å². The number of aliphatic carboxylic acids is 1. The fraction of sp³-hybridized carbons (Fsp3) is 0.412. The Kier molecular flexibility index (Phi) is 4.23. The number of methoxy groups -OCH3 is 1. The van der Waals surface area contributed by atoms with Gasteiger partial charge in [0, 0.05) is 23.1 Å². The number of aromatic nitrogens is 1. The van der Waals surface area contributed by atoms with Crippen molar-refractivity contribution in [2.75, 3.05) is 7.11 Å². The molecule has 1 aromatic heterocycles. The normalized spacial score (nSPS) is 20.6. The first-order chi connectivity index (χ1) is 11.1. The second-order valence-corrected chi connectivity index (χ2v) is 6.01. The number of aromatic amines is 1. The van der Waals surface area contributed by atoms with E-state index < -0.39 is 5.97 Å². The van der Waals surface area contributed by atoms with E-state index in [1.54, 1.807) is 7.11 Å². The summed E-state index contributed by atoms with van der Waals surface area (Å²) in [6, 6.07) is 5.66. The lowest BCUT2D eigenvalue weighted by molar-refractivity contribution is -0.141. The van der Waals surface area contributed by atoms with Gasteiger partial charge in [-0.3, -0.25) is 9.59 Å². The number of carbonyl (C=O) groups excluding carboxylic acids is 1. The molecule has 1 amide bonds. The molecule has 23 heavy (non-hydrogen) atoms. The number of carboxylic acid groups (broad SMARTS) is 1. The molecule has 1 fully saturated rings. The number of nitrogens with one attached hydrogen (secondary N) is 2. The maximum absolute atomic E-state index is 12.2. The van der Waals surface area contributed by atoms with Gasteiger partial charge in [0.2, 0.25) is 5.91 Å². The first kappa shape index (κ1) is 15.4. The Morgan fingerprint density at radius 3 is 2.91 bits per heavy atom. The third-order valence-electron chi connectivity index (χ3n) is 4.47. The molecule has 2 aromatic rings. The van der Waals surface area contributed by atoms with Crippen molar-refractivity contribution in [3.8, 4) is 5.75 Å². The third-order valence-corrected chi connectivity index (χ3v) is 4.47. The van der Waals surface area contributed by atoms with Crippen LogP contribution in [0.4, 0.5) is 0 Å². The molecule has 1 aliphatic carbocycles. The molecule has 0 spiro atoms. The summed E-state index contributed by atoms with van der Waals surface area (Å²) in [5.41, 5.74) is 1.87. The van der Waals surface area contributed by atoms with Crippen LogP contribution >= 0.6 is 0 Å². The SMILES string of the molecule is COc1ccc2[nH]cc(CC(=O)NC3CCC(C(=O)O)C3)c2c1. The van der Waals surface area contributed by atoms with Crippen LogP contribution in [0.3, 0.4) is 0 Å². The van der Waals surface area contributed by atoms with Gasteiger partial charge in [0.05, 0.1) is 19.4 Å². The summed E-state index contributed by atoms with van der Waals surface area (Å²) in [5.74, 6) is -0.438. The van der Waals surface area contributed by atoms with Gasteiger partial charge < -0.3 is 20.1 Å². The number of carbonyl (C=O) groups is 2. The Morgan fingerprint density at radius 2 is 2.22 bits per heavy atom. The van der Waals surface area contributed by atoms with Crippen molar-refractivity contribution >= 4 is 22.8 Å². The molecule has 3 N–H and O–H groups in total. The van der Waals surface area contributed by atoms with E-state index in [4.69, 9.17) is 9.84 Å². The summed E-state index contributed by atoms with van der Waals surface area (Å²) in [4.78, 5) is 26.4. The first-order valence-electron chi connectivity index (χ1n) is 7.73. The van der Waals surface area contributed by atoms with Gasteiger partial charge in [0.1, 0.15) is 5.75 Å². The lowest BCUT2D eigenvalue weighted by Crippen LogP contribution is -2.34. The van der Waals surface area contributed by atoms with Crippen molar-refractivity contribution in [1.29, 1.82) is 0 Å². The number of benzene rings is 1. The van der Waals surface area contributed by atoms with Crippen LogP contribution in [0.25, 0.3) is 10.9 Å². The highest BCUT2D eigenvalue weighted by molar-refractivity contribution is 5.89. The lowest BCUT2D eigenvalue weighted by Gasteiger charge is -2.12. The van der Waals surface area contributed by atoms with E-state index in [0.717, 1.165) is 28.6 Å². The number of hydrogen-bond donors (Lipinski definition) is 3. The number of rotatable bonds is 5. The Labute approximate surface area is 133 Å². The molecule has 1 aromatic carbocycles. The average Bonchev–Trinajstić information content (AvgIpc) is 3.14. The van der Waals surface area contributed by atoms with Gasteiger partial charge in [-0.05, 0) is 43.0 Å². The molecule has 2 atom stereocenters. The van der Waals surface area contributed by atoms with E-state index in [1.165, 1.54) is 0 Å². The van der Waals surface area contributed by atoms with Gasteiger partial charge in [-0.15, -0.1) is 0 Å². The van der Waals surface area contributed by atoms with Gasteiger partial charge in [0.15, 0.2) is 0 Å². The Hall–Kier alpha value is -2.50. The number of carboxylic acids is 1. The molecule has 0 aliphatic heterocycles. The maximum atomic E-state index is 12.2. The molecule has 6 heteroatoms. The van der Waals surface area contributed by atoms with E-state index in [-0.39, 0.29) is 24.3 Å². The molecular formula is C17H20N2O4. The minimum absolute atomic E-state index is 0.0386. The topological polar surface area (TPSA) is 91.4 Å². The van der Waals surface area contributed by atoms with Crippen LogP contribution in [0.5, 0.6) is 5.75 Å². The summed E-state index contributed by atoms with van der Waals surface area (Å²) in [6.07, 6.45) is 3.97. The van der Waals surface area contributed by atoms with Gasteiger partial charge >= 0.3 is 5.97 Å². The second kappa shape index (κ2) is 6.32. The van der Waals surface area contributed by atoms with Crippen LogP contribution in [0.2, 0.25) is 0 Å². The van der Waals surface area contributed by atoms with E-state index in [9.17, 15) is 9.59 Å². The molecule has 0 saturated heterocycles. The predicted molar refractivity (Wildman–Crippen MR) is 85.5 cm³/mol. The molecule has 3 rings (SSSR count). The largest absolute Gasteiger partial charge is 0.497 e. The van der Waals surface area contributed by atoms with Crippen LogP contribution in [0, 0.1) is 5.92 Å². The highest BCUT2D eigenvalue weighted by atomic mass is 16.5. The summed E-state index contributed by atoms with van der Waals surface area (Å²) < 4.78 is 5.22. The molecule has 6 nitrogen and oxygen atoms in total. The van der Waals surface area contributed by atoms with Gasteiger partial charge in [-0.2, -0.15) is 0 Å². The zero-order chi connectivity index (χ0) is 16.4. The maximum Gasteiger partial charge on any atom is 0.306 e. The molecule has 1 heterocycles. The quantitative estimate of drug-likeness (QED) is 0.787. The fourth-order valence-corrected chi connectivity index (χ4v) is 3.22. The van der Waals surface area contributed by atoms with Crippen LogP contribution in [0.15, 0.2) is 24.4 Å². The van der Waals surface area contributed by atoms with Crippen molar-refractivity contribution in [3.63, 3.8) is 0 Å². The number of ether oxygens (including phenoxy) is 1. The van der Waals surface area contributed by atoms with Crippen molar-refractivity contribution in [3.05, 3.63) is 30.0 Å². The highest BCUT2D eigenvalue weighted by Gasteiger charge is 2.30. The monoisotopic (exact) mass is 316 g/mol. The zero-order valence-corrected chi connectivity index (χ0v) is 13.0. The predicted octanol–water partition coefficient (Wildman–Crippen LogP) is 2.09. The summed E-state index contributed by atoms with van der Waals surface area (Å²) in [5, 5.41) is 12.9. The third kappa shape index (κ3) is 3.31. The van der Waals surface area contributed by atoms with E-state index in [2.05, 4.69) is 10.3 Å². The van der Waals surface area contributed by atoms with Crippen molar-refractivity contribution < 1.29 is 19.4 Å². The van der Waals surface area contributed by atoms with Crippen LogP contribution in [-0.2, 0) is 16.0 Å². The highest BCUT2D eigenvalue weighted by Crippen LogP contribution is 2.26. The lowest BCUT2D eigenvalue weighted by atomic mass is 10.1. The molecule has 2 unspecified atom stereocenters. The van der Waals surface area contributed by atoms with E-state index in [1.807, 2.05) is 24.4 Å². The van der Waals surface area contributed by atoms with E-state index in [0.29, 0.717) is 12.8 Å². The minimum atomic E-state index is -0.773.